The number of carbonyl (C=O) groups is 2. The van der Waals surface area contributed by atoms with Gasteiger partial charge in [0, 0.05) is 16.9 Å². The number of alkyl halides is 4. The van der Waals surface area contributed by atoms with E-state index in [1.807, 2.05) is 0 Å². The van der Waals surface area contributed by atoms with Crippen molar-refractivity contribution in [2.45, 2.75) is 25.4 Å². The lowest BCUT2D eigenvalue weighted by atomic mass is 10.0. The zero-order valence-corrected chi connectivity index (χ0v) is 20.5. The van der Waals surface area contributed by atoms with Gasteiger partial charge >= 0.3 is 24.5 Å². The van der Waals surface area contributed by atoms with Gasteiger partial charge in [-0.2, -0.15) is 17.6 Å². The molecule has 0 spiro atoms. The molecule has 0 aromatic heterocycles. The summed E-state index contributed by atoms with van der Waals surface area (Å²) in [7, 11) is 1.08. The number of carboxylic acid groups (broad SMARTS) is 1. The molecule has 0 aliphatic heterocycles. The highest BCUT2D eigenvalue weighted by molar-refractivity contribution is 5.93. The fourth-order valence-corrected chi connectivity index (χ4v) is 3.48. The third-order valence-corrected chi connectivity index (χ3v) is 5.33. The van der Waals surface area contributed by atoms with Gasteiger partial charge in [0.25, 0.3) is 0 Å². The molecule has 206 valence electrons. The fraction of sp³-hybridized carbons (Fsp3) is 0.185. The molecule has 0 heterocycles. The molecule has 0 aliphatic rings. The zero-order valence-electron chi connectivity index (χ0n) is 20.5. The third kappa shape index (κ3) is 7.87. The normalized spacial score (nSPS) is 11.8. The summed E-state index contributed by atoms with van der Waals surface area (Å²) in [5, 5.41) is 9.59. The first-order chi connectivity index (χ1) is 18.4. The van der Waals surface area contributed by atoms with E-state index in [1.54, 1.807) is 18.2 Å². The fourth-order valence-electron chi connectivity index (χ4n) is 3.48. The molecule has 0 aliphatic carbocycles. The Hall–Kier alpha value is -4.74. The summed E-state index contributed by atoms with van der Waals surface area (Å²) < 4.78 is 65.5. The van der Waals surface area contributed by atoms with Crippen LogP contribution in [-0.2, 0) is 11.2 Å². The van der Waals surface area contributed by atoms with Gasteiger partial charge in [0.2, 0.25) is 0 Å². The van der Waals surface area contributed by atoms with E-state index >= 15 is 0 Å². The van der Waals surface area contributed by atoms with Crippen molar-refractivity contribution in [3.8, 4) is 17.2 Å². The van der Waals surface area contributed by atoms with Crippen LogP contribution in [0.2, 0.25) is 0 Å². The van der Waals surface area contributed by atoms with Crippen LogP contribution in [0.3, 0.4) is 0 Å². The lowest BCUT2D eigenvalue weighted by molar-refractivity contribution is -0.253. The average Bonchev–Trinajstić information content (AvgIpc) is 2.86. The lowest BCUT2D eigenvalue weighted by Gasteiger charge is -2.18. The minimum Gasteiger partial charge on any atom is -0.493 e. The van der Waals surface area contributed by atoms with E-state index in [2.05, 4.69) is 4.74 Å². The van der Waals surface area contributed by atoms with Crippen molar-refractivity contribution in [1.29, 1.82) is 0 Å². The second-order valence-corrected chi connectivity index (χ2v) is 8.27. The summed E-state index contributed by atoms with van der Waals surface area (Å²) in [6.07, 6.45) is -6.74. The van der Waals surface area contributed by atoms with Gasteiger partial charge in [0.05, 0.1) is 12.7 Å². The molecule has 3 aromatic carbocycles. The van der Waals surface area contributed by atoms with Crippen molar-refractivity contribution >= 4 is 29.4 Å². The van der Waals surface area contributed by atoms with Crippen molar-refractivity contribution < 1.29 is 46.5 Å². The molecule has 3 aromatic rings. The second kappa shape index (κ2) is 12.2. The zero-order chi connectivity index (χ0) is 28.7. The van der Waals surface area contributed by atoms with Gasteiger partial charge < -0.3 is 30.8 Å². The van der Waals surface area contributed by atoms with Crippen molar-refractivity contribution in [2.75, 3.05) is 18.6 Å². The lowest BCUT2D eigenvalue weighted by Crippen LogP contribution is -2.33. The van der Waals surface area contributed by atoms with Crippen molar-refractivity contribution in [1.82, 2.24) is 0 Å². The number of esters is 1. The Morgan fingerprint density at radius 2 is 1.62 bits per heavy atom. The summed E-state index contributed by atoms with van der Waals surface area (Å²) in [6, 6.07) is 13.9. The Labute approximate surface area is 220 Å². The number of hydrogen-bond acceptors (Lipinski definition) is 7. The predicted molar refractivity (Wildman–Crippen MR) is 135 cm³/mol. The SMILES string of the molecule is COc1cc(C(=O)Oc2ccc(/C=C(\CCc3cc(N)cc(N)c3)C(=O)O)cc2)ccc1OC(F)(F)C(F)F. The highest BCUT2D eigenvalue weighted by atomic mass is 19.3. The van der Waals surface area contributed by atoms with Crippen LogP contribution in [0.4, 0.5) is 28.9 Å². The predicted octanol–water partition coefficient (Wildman–Crippen LogP) is 5.42. The molecule has 39 heavy (non-hydrogen) atoms. The molecule has 0 radical (unpaired) electrons. The highest BCUT2D eigenvalue weighted by Crippen LogP contribution is 2.35. The minimum absolute atomic E-state index is 0.104. The molecule has 12 heteroatoms. The van der Waals surface area contributed by atoms with Crippen LogP contribution in [0.25, 0.3) is 6.08 Å². The van der Waals surface area contributed by atoms with Gasteiger partial charge in [-0.25, -0.2) is 9.59 Å². The summed E-state index contributed by atoms with van der Waals surface area (Å²) in [5.41, 5.74) is 13.8. The van der Waals surface area contributed by atoms with Gasteiger partial charge in [-0.15, -0.1) is 0 Å². The van der Waals surface area contributed by atoms with Crippen LogP contribution in [0, 0.1) is 0 Å². The molecule has 0 saturated heterocycles. The smallest absolute Gasteiger partial charge is 0.461 e. The topological polar surface area (TPSA) is 134 Å². The second-order valence-electron chi connectivity index (χ2n) is 8.27. The number of nitrogen functional groups attached to an aromatic ring is 2. The number of carbonyl (C=O) groups excluding carboxylic acids is 1. The number of aryl methyl sites for hydroxylation is 1. The Morgan fingerprint density at radius 1 is 0.974 bits per heavy atom. The first-order valence-electron chi connectivity index (χ1n) is 11.3. The van der Waals surface area contributed by atoms with Crippen LogP contribution >= 0.6 is 0 Å². The van der Waals surface area contributed by atoms with Gasteiger partial charge in [0.1, 0.15) is 5.75 Å². The van der Waals surface area contributed by atoms with E-state index in [9.17, 15) is 32.3 Å². The molecule has 3 rings (SSSR count). The number of benzene rings is 3. The van der Waals surface area contributed by atoms with Crippen LogP contribution in [0.15, 0.2) is 66.2 Å². The van der Waals surface area contributed by atoms with E-state index in [-0.39, 0.29) is 29.1 Å². The number of aliphatic carboxylic acids is 1. The largest absolute Gasteiger partial charge is 0.493 e. The highest BCUT2D eigenvalue weighted by Gasteiger charge is 2.44. The molecular weight excluding hydrogens is 524 g/mol. The number of ether oxygens (including phenoxy) is 3. The molecule has 0 saturated carbocycles. The first-order valence-corrected chi connectivity index (χ1v) is 11.3. The number of rotatable bonds is 11. The van der Waals surface area contributed by atoms with E-state index < -0.39 is 30.2 Å². The Morgan fingerprint density at radius 3 is 2.18 bits per heavy atom. The molecule has 0 amide bonds. The number of hydrogen-bond donors (Lipinski definition) is 3. The van der Waals surface area contributed by atoms with Crippen LogP contribution in [0.1, 0.15) is 27.9 Å². The number of halogens is 4. The number of carboxylic acids is 1. The number of nitrogens with two attached hydrogens (primary N) is 2. The summed E-state index contributed by atoms with van der Waals surface area (Å²) in [4.78, 5) is 24.2. The summed E-state index contributed by atoms with van der Waals surface area (Å²) in [6.45, 7) is 0. The van der Waals surface area contributed by atoms with Gasteiger partial charge in [-0.1, -0.05) is 12.1 Å². The van der Waals surface area contributed by atoms with Crippen molar-refractivity contribution in [3.05, 3.63) is 82.9 Å². The molecular formula is C27H24F4N2O6. The quantitative estimate of drug-likeness (QED) is 0.0952. The number of methoxy groups -OCH3 is 1. The van der Waals surface area contributed by atoms with E-state index in [0.29, 0.717) is 23.4 Å². The van der Waals surface area contributed by atoms with E-state index in [1.165, 1.54) is 30.3 Å². The maximum atomic E-state index is 13.2. The Bertz CT molecular complexity index is 1360. The average molecular weight is 548 g/mol. The molecule has 0 bridgehead atoms. The van der Waals surface area contributed by atoms with Crippen molar-refractivity contribution in [3.63, 3.8) is 0 Å². The van der Waals surface area contributed by atoms with Crippen LogP contribution in [0.5, 0.6) is 17.2 Å². The first kappa shape index (κ1) is 28.8. The van der Waals surface area contributed by atoms with Crippen molar-refractivity contribution in [2.24, 2.45) is 0 Å². The maximum Gasteiger partial charge on any atom is 0.461 e. The molecule has 0 fully saturated rings. The van der Waals surface area contributed by atoms with Gasteiger partial charge in [-0.3, -0.25) is 0 Å². The van der Waals surface area contributed by atoms with Crippen LogP contribution < -0.4 is 25.7 Å². The van der Waals surface area contributed by atoms with E-state index in [0.717, 1.165) is 30.9 Å². The maximum absolute atomic E-state index is 13.2. The van der Waals surface area contributed by atoms with E-state index in [4.69, 9.17) is 20.9 Å². The third-order valence-electron chi connectivity index (χ3n) is 5.33. The molecule has 0 unspecified atom stereocenters. The van der Waals surface area contributed by atoms with Gasteiger partial charge in [-0.05, 0) is 78.6 Å². The minimum atomic E-state index is -4.75. The number of anilines is 2. The summed E-state index contributed by atoms with van der Waals surface area (Å²) in [5.74, 6) is -2.96. The standard InChI is InChI=1S/C27H24F4N2O6/c1-37-23-13-18(6-9-22(23)39-27(30,31)26(28)29)25(36)38-21-7-3-15(4-8-21)10-17(24(34)35)5-2-16-11-19(32)14-20(33)12-16/h3-4,6-14,26H,2,5,32-33H2,1H3,(H,34,35)/b17-10+. The Kier molecular flexibility index (Phi) is 9.02. The molecule has 0 atom stereocenters. The monoisotopic (exact) mass is 548 g/mol. The summed E-state index contributed by atoms with van der Waals surface area (Å²) >= 11 is 0. The molecule has 8 nitrogen and oxygen atoms in total. The van der Waals surface area contributed by atoms with Gasteiger partial charge in [0.15, 0.2) is 11.5 Å². The Balaban J connectivity index is 1.69. The molecule has 5 N–H and O–H groups in total. The van der Waals surface area contributed by atoms with Crippen LogP contribution in [-0.4, -0.2) is 36.7 Å².